The van der Waals surface area contributed by atoms with Gasteiger partial charge in [-0.15, -0.1) is 0 Å². The maximum absolute atomic E-state index is 11.8. The normalized spacial score (nSPS) is 14.3. The highest BCUT2D eigenvalue weighted by atomic mass is 32.2. The van der Waals surface area contributed by atoms with Gasteiger partial charge in [0.2, 0.25) is 5.09 Å². The summed E-state index contributed by atoms with van der Waals surface area (Å²) in [6.07, 6.45) is 2.09. The number of hydrogen-bond donors (Lipinski definition) is 3. The van der Waals surface area contributed by atoms with Gasteiger partial charge >= 0.3 is 0 Å². The Hall–Kier alpha value is -2.32. The molecule has 0 bridgehead atoms. The van der Waals surface area contributed by atoms with Crippen LogP contribution in [-0.2, 0) is 23.0 Å². The van der Waals surface area contributed by atoms with Gasteiger partial charge in [-0.05, 0) is 24.1 Å². The van der Waals surface area contributed by atoms with Crippen molar-refractivity contribution in [2.75, 3.05) is 11.9 Å². The Balaban J connectivity index is 1.79. The number of carbonyl (C=O) groups is 1. The van der Waals surface area contributed by atoms with Crippen molar-refractivity contribution >= 4 is 21.6 Å². The molecule has 8 heteroatoms. The molecule has 1 amide bonds. The number of anilines is 1. The molecule has 1 aliphatic heterocycles. The van der Waals surface area contributed by atoms with Gasteiger partial charge in [0, 0.05) is 36.0 Å². The zero-order valence-corrected chi connectivity index (χ0v) is 12.4. The van der Waals surface area contributed by atoms with E-state index in [0.717, 1.165) is 17.7 Å². The number of hydrogen-bond acceptors (Lipinski definition) is 5. The Bertz CT molecular complexity index is 826. The molecule has 0 saturated carbocycles. The second kappa shape index (κ2) is 5.47. The van der Waals surface area contributed by atoms with Crippen LogP contribution in [0.4, 0.5) is 5.69 Å². The maximum Gasteiger partial charge on any atom is 0.271 e. The van der Waals surface area contributed by atoms with E-state index in [0.29, 0.717) is 24.2 Å². The number of nitrogens with two attached hydrogens (primary N) is 1. The standard InChI is InChI=1S/C14H15N3O4S/c15-22(19,20)13-6-9(8-21-13)7-17-12-3-1-2-11-10(12)4-5-16-14(11)18/h1-3,6,8,17H,4-5,7H2,(H,16,18)(H2,15,19,20). The van der Waals surface area contributed by atoms with Gasteiger partial charge < -0.3 is 15.1 Å². The van der Waals surface area contributed by atoms with Gasteiger partial charge in [-0.3, -0.25) is 4.79 Å². The fourth-order valence-corrected chi connectivity index (χ4v) is 2.92. The fourth-order valence-electron chi connectivity index (χ4n) is 2.42. The lowest BCUT2D eigenvalue weighted by Gasteiger charge is -2.20. The molecule has 116 valence electrons. The highest BCUT2D eigenvalue weighted by Crippen LogP contribution is 2.24. The summed E-state index contributed by atoms with van der Waals surface area (Å²) in [5, 5.41) is 10.7. The number of carbonyl (C=O) groups excluding carboxylic acids is 1. The molecule has 0 fully saturated rings. The van der Waals surface area contributed by atoms with E-state index in [1.165, 1.54) is 12.3 Å². The molecule has 1 aromatic heterocycles. The van der Waals surface area contributed by atoms with Gasteiger partial charge in [-0.25, -0.2) is 13.6 Å². The number of sulfonamides is 1. The molecule has 0 radical (unpaired) electrons. The van der Waals surface area contributed by atoms with Crippen molar-refractivity contribution in [1.82, 2.24) is 5.32 Å². The van der Waals surface area contributed by atoms with E-state index in [2.05, 4.69) is 10.6 Å². The molecule has 2 aromatic rings. The summed E-state index contributed by atoms with van der Waals surface area (Å²) in [6.45, 7) is 0.975. The van der Waals surface area contributed by atoms with Gasteiger partial charge in [0.05, 0.1) is 6.26 Å². The van der Waals surface area contributed by atoms with E-state index >= 15 is 0 Å². The number of rotatable bonds is 4. The lowest BCUT2D eigenvalue weighted by Crippen LogP contribution is -2.32. The number of amides is 1. The summed E-state index contributed by atoms with van der Waals surface area (Å²) in [6, 6.07) is 6.85. The molecule has 0 aliphatic carbocycles. The van der Waals surface area contributed by atoms with Crippen LogP contribution in [-0.4, -0.2) is 20.9 Å². The molecule has 0 atom stereocenters. The van der Waals surface area contributed by atoms with E-state index in [-0.39, 0.29) is 11.0 Å². The van der Waals surface area contributed by atoms with Crippen molar-refractivity contribution in [2.24, 2.45) is 5.14 Å². The summed E-state index contributed by atoms with van der Waals surface area (Å²) in [7, 11) is -3.83. The Morgan fingerprint density at radius 3 is 2.91 bits per heavy atom. The number of fused-ring (bicyclic) bond motifs is 1. The number of nitrogens with one attached hydrogen (secondary N) is 2. The van der Waals surface area contributed by atoms with Crippen molar-refractivity contribution in [1.29, 1.82) is 0 Å². The largest absolute Gasteiger partial charge is 0.451 e. The first kappa shape index (κ1) is 14.6. The third-order valence-corrected chi connectivity index (χ3v) is 4.25. The van der Waals surface area contributed by atoms with Crippen LogP contribution in [0.2, 0.25) is 0 Å². The summed E-state index contributed by atoms with van der Waals surface area (Å²) in [4.78, 5) is 11.8. The van der Waals surface area contributed by atoms with Crippen LogP contribution in [0.1, 0.15) is 21.5 Å². The van der Waals surface area contributed by atoms with E-state index in [1.54, 1.807) is 12.1 Å². The Kier molecular flexibility index (Phi) is 3.63. The lowest BCUT2D eigenvalue weighted by molar-refractivity contribution is 0.0946. The van der Waals surface area contributed by atoms with Crippen LogP contribution in [0.15, 0.2) is 40.0 Å². The minimum Gasteiger partial charge on any atom is -0.451 e. The SMILES string of the molecule is NS(=O)(=O)c1cc(CNc2cccc3c2CCNC3=O)co1. The summed E-state index contributed by atoms with van der Waals surface area (Å²) >= 11 is 0. The van der Waals surface area contributed by atoms with E-state index in [1.807, 2.05) is 6.07 Å². The molecule has 0 unspecified atom stereocenters. The highest BCUT2D eigenvalue weighted by Gasteiger charge is 2.19. The Morgan fingerprint density at radius 2 is 2.18 bits per heavy atom. The first-order chi connectivity index (χ1) is 10.4. The molecule has 1 aromatic carbocycles. The van der Waals surface area contributed by atoms with Crippen molar-refractivity contribution in [3.63, 3.8) is 0 Å². The van der Waals surface area contributed by atoms with E-state index in [4.69, 9.17) is 9.56 Å². The molecule has 3 rings (SSSR count). The molecule has 1 aliphatic rings. The van der Waals surface area contributed by atoms with E-state index in [9.17, 15) is 13.2 Å². The zero-order valence-electron chi connectivity index (χ0n) is 11.6. The first-order valence-electron chi connectivity index (χ1n) is 6.69. The van der Waals surface area contributed by atoms with Gasteiger partial charge in [-0.1, -0.05) is 6.07 Å². The summed E-state index contributed by atoms with van der Waals surface area (Å²) < 4.78 is 27.3. The second-order valence-electron chi connectivity index (χ2n) is 5.01. The molecular weight excluding hydrogens is 306 g/mol. The number of furan rings is 1. The van der Waals surface area contributed by atoms with Crippen molar-refractivity contribution in [3.8, 4) is 0 Å². The monoisotopic (exact) mass is 321 g/mol. The van der Waals surface area contributed by atoms with Crippen LogP contribution < -0.4 is 15.8 Å². The molecule has 7 nitrogen and oxygen atoms in total. The quantitative estimate of drug-likeness (QED) is 0.771. The van der Waals surface area contributed by atoms with Crippen molar-refractivity contribution in [2.45, 2.75) is 18.1 Å². The molecule has 0 spiro atoms. The fraction of sp³-hybridized carbons (Fsp3) is 0.214. The predicted molar refractivity (Wildman–Crippen MR) is 79.9 cm³/mol. The van der Waals surface area contributed by atoms with Gasteiger partial charge in [0.25, 0.3) is 15.9 Å². The maximum atomic E-state index is 11.8. The predicted octanol–water partition coefficient (Wildman–Crippen LogP) is 0.825. The van der Waals surface area contributed by atoms with E-state index < -0.39 is 10.0 Å². The first-order valence-corrected chi connectivity index (χ1v) is 8.24. The van der Waals surface area contributed by atoms with Gasteiger partial charge in [-0.2, -0.15) is 0 Å². The molecule has 2 heterocycles. The third kappa shape index (κ3) is 2.83. The van der Waals surface area contributed by atoms with Crippen LogP contribution >= 0.6 is 0 Å². The zero-order chi connectivity index (χ0) is 15.7. The van der Waals surface area contributed by atoms with Crippen LogP contribution in [0.3, 0.4) is 0 Å². The summed E-state index contributed by atoms with van der Waals surface area (Å²) in [5.74, 6) is -0.0790. The molecule has 22 heavy (non-hydrogen) atoms. The van der Waals surface area contributed by atoms with Gasteiger partial charge in [0.15, 0.2) is 0 Å². The number of primary sulfonamides is 1. The average molecular weight is 321 g/mol. The van der Waals surface area contributed by atoms with Crippen molar-refractivity contribution < 1.29 is 17.6 Å². The number of benzene rings is 1. The third-order valence-electron chi connectivity index (χ3n) is 3.47. The Labute approximate surface area is 127 Å². The Morgan fingerprint density at radius 1 is 1.36 bits per heavy atom. The minimum absolute atomic E-state index is 0.0790. The van der Waals surface area contributed by atoms with Crippen LogP contribution in [0, 0.1) is 0 Å². The molecule has 0 saturated heterocycles. The highest BCUT2D eigenvalue weighted by molar-refractivity contribution is 7.89. The lowest BCUT2D eigenvalue weighted by atomic mass is 9.98. The average Bonchev–Trinajstić information content (AvgIpc) is 2.95. The molecule has 4 N–H and O–H groups in total. The smallest absolute Gasteiger partial charge is 0.271 e. The minimum atomic E-state index is -3.83. The molecular formula is C14H15N3O4S. The van der Waals surface area contributed by atoms with Crippen molar-refractivity contribution in [3.05, 3.63) is 47.2 Å². The second-order valence-corrected chi connectivity index (χ2v) is 6.50. The van der Waals surface area contributed by atoms with Crippen LogP contribution in [0.5, 0.6) is 0 Å². The van der Waals surface area contributed by atoms with Gasteiger partial charge in [0.1, 0.15) is 0 Å². The summed E-state index contributed by atoms with van der Waals surface area (Å²) in [5.41, 5.74) is 3.13. The topological polar surface area (TPSA) is 114 Å². The van der Waals surface area contributed by atoms with Crippen LogP contribution in [0.25, 0.3) is 0 Å².